The number of hydrogen-bond acceptors (Lipinski definition) is 9. The van der Waals surface area contributed by atoms with Gasteiger partial charge in [-0.2, -0.15) is 5.10 Å². The Morgan fingerprint density at radius 2 is 1.92 bits per heavy atom. The molecule has 0 spiro atoms. The van der Waals surface area contributed by atoms with Crippen molar-refractivity contribution in [3.8, 4) is 5.88 Å². The molecule has 3 aliphatic rings. The Morgan fingerprint density at radius 3 is 2.78 bits per heavy atom. The second kappa shape index (κ2) is 11.6. The van der Waals surface area contributed by atoms with E-state index in [1.807, 2.05) is 6.07 Å². The molecular formula is C25H32N8O4. The van der Waals surface area contributed by atoms with Gasteiger partial charge in [0.15, 0.2) is 0 Å². The van der Waals surface area contributed by atoms with E-state index in [4.69, 9.17) is 9.47 Å². The highest BCUT2D eigenvalue weighted by molar-refractivity contribution is 6.13. The second-order valence-corrected chi connectivity index (χ2v) is 9.18. The Kier molecular flexibility index (Phi) is 7.87. The third-order valence-corrected chi connectivity index (χ3v) is 6.58. The van der Waals surface area contributed by atoms with Gasteiger partial charge in [0, 0.05) is 63.5 Å². The number of nitrogens with zero attached hydrogens (tertiary/aromatic N) is 6. The van der Waals surface area contributed by atoms with Crippen molar-refractivity contribution in [2.24, 2.45) is 4.99 Å². The van der Waals surface area contributed by atoms with Crippen LogP contribution in [0.4, 0.5) is 5.69 Å². The van der Waals surface area contributed by atoms with Gasteiger partial charge in [0.2, 0.25) is 5.88 Å². The van der Waals surface area contributed by atoms with Gasteiger partial charge < -0.3 is 25.0 Å². The van der Waals surface area contributed by atoms with E-state index in [2.05, 4.69) is 42.6 Å². The van der Waals surface area contributed by atoms with E-state index in [9.17, 15) is 9.59 Å². The number of ether oxygens (including phenoxy) is 2. The number of hydrogen-bond donors (Lipinski definition) is 2. The predicted octanol–water partition coefficient (Wildman–Crippen LogP) is 0.380. The summed E-state index contributed by atoms with van der Waals surface area (Å²) in [7, 11) is 2.12. The van der Waals surface area contributed by atoms with Crippen molar-refractivity contribution in [3.05, 3.63) is 47.6 Å². The summed E-state index contributed by atoms with van der Waals surface area (Å²) in [6, 6.07) is 3.64. The van der Waals surface area contributed by atoms with Crippen LogP contribution in [-0.2, 0) is 16.1 Å². The second-order valence-electron chi connectivity index (χ2n) is 9.18. The summed E-state index contributed by atoms with van der Waals surface area (Å²) in [5.74, 6) is -0.252. The van der Waals surface area contributed by atoms with Gasteiger partial charge in [-0.3, -0.25) is 19.2 Å². The monoisotopic (exact) mass is 508 g/mol. The third kappa shape index (κ3) is 6.21. The Balaban J connectivity index is 1.35. The number of amides is 2. The maximum absolute atomic E-state index is 13.2. The number of piperazine rings is 1. The highest BCUT2D eigenvalue weighted by Gasteiger charge is 2.24. The maximum atomic E-state index is 13.2. The molecule has 4 bridgehead atoms. The zero-order valence-electron chi connectivity index (χ0n) is 21.0. The van der Waals surface area contributed by atoms with Gasteiger partial charge in [-0.15, -0.1) is 0 Å². The fourth-order valence-corrected chi connectivity index (χ4v) is 4.43. The molecule has 2 amide bonds. The first-order valence-electron chi connectivity index (χ1n) is 12.6. The van der Waals surface area contributed by atoms with Gasteiger partial charge in [0.05, 0.1) is 37.4 Å². The minimum Gasteiger partial charge on any atom is -0.475 e. The summed E-state index contributed by atoms with van der Waals surface area (Å²) in [5.41, 5.74) is 2.54. The Morgan fingerprint density at radius 1 is 1.05 bits per heavy atom. The van der Waals surface area contributed by atoms with Crippen molar-refractivity contribution in [2.45, 2.75) is 13.0 Å². The largest absolute Gasteiger partial charge is 0.475 e. The van der Waals surface area contributed by atoms with Gasteiger partial charge in [0.25, 0.3) is 11.8 Å². The topological polar surface area (TPSA) is 126 Å². The van der Waals surface area contributed by atoms with Crippen LogP contribution >= 0.6 is 0 Å². The molecule has 2 aromatic rings. The quantitative estimate of drug-likeness (QED) is 0.610. The molecule has 0 saturated carbocycles. The molecule has 5 heterocycles. The molecule has 3 aliphatic heterocycles. The molecule has 1 fully saturated rings. The van der Waals surface area contributed by atoms with Crippen LogP contribution in [0.2, 0.25) is 0 Å². The van der Waals surface area contributed by atoms with Gasteiger partial charge in [-0.05, 0) is 19.2 Å². The lowest BCUT2D eigenvalue weighted by Gasteiger charge is -2.32. The summed E-state index contributed by atoms with van der Waals surface area (Å²) in [5, 5.41) is 10.2. The van der Waals surface area contributed by atoms with E-state index < -0.39 is 5.91 Å². The van der Waals surface area contributed by atoms with E-state index in [1.165, 1.54) is 6.20 Å². The molecule has 12 heteroatoms. The SMILES string of the molecule is CN1CCN(CCn2ncc3c2C(=O)NCCOCCOc2cc(ccn2)C2=NC(=CC2)C(=O)N3)CC1. The molecule has 0 atom stereocenters. The summed E-state index contributed by atoms with van der Waals surface area (Å²) in [6.45, 7) is 6.57. The van der Waals surface area contributed by atoms with Gasteiger partial charge in [-0.25, -0.2) is 9.98 Å². The van der Waals surface area contributed by atoms with Crippen molar-refractivity contribution in [1.29, 1.82) is 0 Å². The fourth-order valence-electron chi connectivity index (χ4n) is 4.43. The van der Waals surface area contributed by atoms with Crippen LogP contribution in [0.1, 0.15) is 22.5 Å². The minimum absolute atomic E-state index is 0.292. The number of pyridine rings is 1. The number of rotatable bonds is 3. The first-order chi connectivity index (χ1) is 18.1. The number of nitrogens with one attached hydrogen (secondary N) is 2. The highest BCUT2D eigenvalue weighted by Crippen LogP contribution is 2.22. The maximum Gasteiger partial charge on any atom is 0.274 e. The van der Waals surface area contributed by atoms with Crippen molar-refractivity contribution >= 4 is 23.2 Å². The van der Waals surface area contributed by atoms with Gasteiger partial charge in [-0.1, -0.05) is 0 Å². The lowest BCUT2D eigenvalue weighted by Crippen LogP contribution is -2.45. The van der Waals surface area contributed by atoms with Crippen LogP contribution in [0.25, 0.3) is 0 Å². The smallest absolute Gasteiger partial charge is 0.274 e. The molecule has 0 radical (unpaired) electrons. The van der Waals surface area contributed by atoms with Crippen molar-refractivity contribution < 1.29 is 19.1 Å². The zero-order chi connectivity index (χ0) is 25.6. The Bertz CT molecular complexity index is 1200. The normalized spacial score (nSPS) is 20.0. The number of allylic oxidation sites excluding steroid dienone is 1. The number of anilines is 1. The standard InChI is InChI=1S/C25H32N8O4/c1-31-7-9-32(10-8-31)11-12-33-23-21(17-28-33)30-24(34)20-3-2-19(29-20)18-4-5-26-22(16-18)37-15-14-36-13-6-27-25(23)35/h3-5,16-17H,2,6-15H2,1H3,(H,27,35)(H,30,34). The van der Waals surface area contributed by atoms with Crippen LogP contribution in [0.15, 0.2) is 41.3 Å². The van der Waals surface area contributed by atoms with Crippen molar-refractivity contribution in [3.63, 3.8) is 0 Å². The lowest BCUT2D eigenvalue weighted by molar-refractivity contribution is -0.112. The lowest BCUT2D eigenvalue weighted by atomic mass is 10.1. The van der Waals surface area contributed by atoms with E-state index in [1.54, 1.807) is 23.0 Å². The molecule has 0 aromatic carbocycles. The van der Waals surface area contributed by atoms with E-state index in [-0.39, 0.29) is 5.91 Å². The molecular weight excluding hydrogens is 476 g/mol. The summed E-state index contributed by atoms with van der Waals surface area (Å²) < 4.78 is 12.9. The number of fused-ring (bicyclic) bond motifs is 5. The molecule has 2 N–H and O–H groups in total. The summed E-state index contributed by atoms with van der Waals surface area (Å²) >= 11 is 0. The number of aliphatic imine (C=N–C) groups is 1. The summed E-state index contributed by atoms with van der Waals surface area (Å²) in [4.78, 5) is 39.7. The summed E-state index contributed by atoms with van der Waals surface area (Å²) in [6.07, 6.45) is 5.46. The first-order valence-corrected chi connectivity index (χ1v) is 12.6. The average Bonchev–Trinajstić information content (AvgIpc) is 3.55. The van der Waals surface area contributed by atoms with E-state index in [0.29, 0.717) is 62.3 Å². The van der Waals surface area contributed by atoms with Gasteiger partial charge >= 0.3 is 0 Å². The molecule has 12 nitrogen and oxygen atoms in total. The van der Waals surface area contributed by atoms with Crippen molar-refractivity contribution in [2.75, 3.05) is 71.5 Å². The van der Waals surface area contributed by atoms with E-state index in [0.717, 1.165) is 44.0 Å². The molecule has 5 rings (SSSR count). The highest BCUT2D eigenvalue weighted by atomic mass is 16.5. The van der Waals surface area contributed by atoms with Crippen LogP contribution < -0.4 is 15.4 Å². The number of carbonyl (C=O) groups is 2. The van der Waals surface area contributed by atoms with Crippen LogP contribution in [0.3, 0.4) is 0 Å². The molecule has 196 valence electrons. The molecule has 1 saturated heterocycles. The number of likely N-dealkylation sites (N-methyl/N-ethyl adjacent to an activating group) is 1. The number of aromatic nitrogens is 3. The Labute approximate surface area is 215 Å². The van der Waals surface area contributed by atoms with Gasteiger partial charge in [0.1, 0.15) is 18.0 Å². The molecule has 0 unspecified atom stereocenters. The minimum atomic E-state index is -0.391. The third-order valence-electron chi connectivity index (χ3n) is 6.58. The predicted molar refractivity (Wildman–Crippen MR) is 137 cm³/mol. The molecule has 37 heavy (non-hydrogen) atoms. The fraction of sp³-hybridized carbons (Fsp3) is 0.480. The first kappa shape index (κ1) is 25.1. The van der Waals surface area contributed by atoms with Crippen LogP contribution in [-0.4, -0.2) is 108 Å². The zero-order valence-corrected chi connectivity index (χ0v) is 21.0. The average molecular weight is 509 g/mol. The molecule has 0 aliphatic carbocycles. The van der Waals surface area contributed by atoms with Crippen molar-refractivity contribution in [1.82, 2.24) is 29.9 Å². The van der Waals surface area contributed by atoms with E-state index >= 15 is 0 Å². The Hall–Kier alpha value is -3.61. The van der Waals surface area contributed by atoms with Crippen LogP contribution in [0, 0.1) is 0 Å². The molecule has 2 aromatic heterocycles. The number of carbonyl (C=O) groups excluding carboxylic acids is 2. The van der Waals surface area contributed by atoms with Crippen LogP contribution in [0.5, 0.6) is 5.88 Å².